The van der Waals surface area contributed by atoms with Crippen molar-refractivity contribution in [2.75, 3.05) is 16.9 Å². The van der Waals surface area contributed by atoms with Crippen LogP contribution >= 0.6 is 11.6 Å². The van der Waals surface area contributed by atoms with Crippen molar-refractivity contribution >= 4 is 34.9 Å². The Hall–Kier alpha value is -1.75. The Bertz CT molecular complexity index is 406. The highest BCUT2D eigenvalue weighted by Gasteiger charge is 2.08. The third kappa shape index (κ3) is 2.85. The molecule has 0 spiro atoms. The van der Waals surface area contributed by atoms with Crippen LogP contribution in [0.2, 0.25) is 0 Å². The number of nitrogens with one attached hydrogen (secondary N) is 1. The molecule has 0 aliphatic heterocycles. The summed E-state index contributed by atoms with van der Waals surface area (Å²) in [7, 11) is 0. The fourth-order valence-electron chi connectivity index (χ4n) is 1.03. The lowest BCUT2D eigenvalue weighted by Crippen LogP contribution is -2.13. The van der Waals surface area contributed by atoms with E-state index in [9.17, 15) is 9.59 Å². The van der Waals surface area contributed by atoms with Gasteiger partial charge in [-0.25, -0.2) is 4.79 Å². The molecular formula is C9H9ClN2O3. The Morgan fingerprint density at radius 3 is 2.60 bits per heavy atom. The highest BCUT2D eigenvalue weighted by molar-refractivity contribution is 6.29. The molecule has 0 atom stereocenters. The van der Waals surface area contributed by atoms with Crippen molar-refractivity contribution in [2.45, 2.75) is 0 Å². The quantitative estimate of drug-likeness (QED) is 0.534. The minimum Gasteiger partial charge on any atom is -0.478 e. The summed E-state index contributed by atoms with van der Waals surface area (Å²) in [6, 6.07) is 4.14. The number of carbonyl (C=O) groups excluding carboxylic acids is 1. The van der Waals surface area contributed by atoms with E-state index in [1.54, 1.807) is 0 Å². The topological polar surface area (TPSA) is 92.4 Å². The third-order valence-electron chi connectivity index (χ3n) is 1.69. The summed E-state index contributed by atoms with van der Waals surface area (Å²) >= 11 is 5.29. The van der Waals surface area contributed by atoms with E-state index in [1.807, 2.05) is 0 Å². The minimum atomic E-state index is -1.11. The molecule has 4 N–H and O–H groups in total. The Balaban J connectivity index is 2.91. The number of nitrogen functional groups attached to an aromatic ring is 1. The summed E-state index contributed by atoms with van der Waals surface area (Å²) in [5.41, 5.74) is 5.99. The highest BCUT2D eigenvalue weighted by atomic mass is 35.5. The molecule has 0 heterocycles. The molecule has 0 unspecified atom stereocenters. The number of rotatable bonds is 3. The second kappa shape index (κ2) is 4.65. The van der Waals surface area contributed by atoms with Crippen LogP contribution in [-0.2, 0) is 4.79 Å². The number of amides is 1. The molecule has 0 saturated carbocycles. The van der Waals surface area contributed by atoms with Gasteiger partial charge in [-0.2, -0.15) is 0 Å². The SMILES string of the molecule is Nc1cc(NC(=O)CCl)ccc1C(=O)O. The molecule has 0 radical (unpaired) electrons. The molecular weight excluding hydrogens is 220 g/mol. The number of aromatic carboxylic acids is 1. The Morgan fingerprint density at radius 1 is 1.47 bits per heavy atom. The van der Waals surface area contributed by atoms with Crippen LogP contribution in [0.3, 0.4) is 0 Å². The fourth-order valence-corrected chi connectivity index (χ4v) is 1.10. The van der Waals surface area contributed by atoms with Crippen LogP contribution in [0.25, 0.3) is 0 Å². The molecule has 0 saturated heterocycles. The van der Waals surface area contributed by atoms with Crippen LogP contribution in [0.5, 0.6) is 0 Å². The minimum absolute atomic E-state index is 0.00104. The predicted octanol–water partition coefficient (Wildman–Crippen LogP) is 1.14. The van der Waals surface area contributed by atoms with Crippen LogP contribution in [-0.4, -0.2) is 22.9 Å². The molecule has 6 heteroatoms. The van der Waals surface area contributed by atoms with Crippen molar-refractivity contribution in [3.05, 3.63) is 23.8 Å². The average Bonchev–Trinajstić information content (AvgIpc) is 2.17. The molecule has 5 nitrogen and oxygen atoms in total. The van der Waals surface area contributed by atoms with E-state index < -0.39 is 5.97 Å². The molecule has 0 aliphatic carbocycles. The number of carboxylic acid groups (broad SMARTS) is 1. The van der Waals surface area contributed by atoms with Crippen LogP contribution in [0.1, 0.15) is 10.4 Å². The summed E-state index contributed by atoms with van der Waals surface area (Å²) in [6.07, 6.45) is 0. The Kier molecular flexibility index (Phi) is 3.51. The van der Waals surface area contributed by atoms with E-state index in [4.69, 9.17) is 22.4 Å². The van der Waals surface area contributed by atoms with E-state index in [0.29, 0.717) is 5.69 Å². The lowest BCUT2D eigenvalue weighted by molar-refractivity contribution is -0.113. The fraction of sp³-hybridized carbons (Fsp3) is 0.111. The maximum Gasteiger partial charge on any atom is 0.337 e. The summed E-state index contributed by atoms with van der Waals surface area (Å²) < 4.78 is 0. The maximum absolute atomic E-state index is 10.9. The van der Waals surface area contributed by atoms with E-state index >= 15 is 0 Å². The summed E-state index contributed by atoms with van der Waals surface area (Å²) in [5.74, 6) is -1.65. The van der Waals surface area contributed by atoms with Gasteiger partial charge < -0.3 is 16.2 Å². The highest BCUT2D eigenvalue weighted by Crippen LogP contribution is 2.17. The Labute approximate surface area is 90.8 Å². The van der Waals surface area contributed by atoms with E-state index in [-0.39, 0.29) is 23.0 Å². The first-order valence-electron chi connectivity index (χ1n) is 4.03. The number of carboxylic acids is 1. The number of alkyl halides is 1. The van der Waals surface area contributed by atoms with Crippen molar-refractivity contribution in [3.8, 4) is 0 Å². The van der Waals surface area contributed by atoms with Gasteiger partial charge in [0.05, 0.1) is 5.56 Å². The van der Waals surface area contributed by atoms with Gasteiger partial charge in [-0.1, -0.05) is 0 Å². The summed E-state index contributed by atoms with van der Waals surface area (Å²) in [6.45, 7) is 0. The van der Waals surface area contributed by atoms with Gasteiger partial charge in [0.1, 0.15) is 5.88 Å². The number of halogens is 1. The lowest BCUT2D eigenvalue weighted by Gasteiger charge is -2.05. The summed E-state index contributed by atoms with van der Waals surface area (Å²) in [4.78, 5) is 21.5. The van der Waals surface area contributed by atoms with E-state index in [0.717, 1.165) is 0 Å². The number of nitrogens with two attached hydrogens (primary N) is 1. The zero-order chi connectivity index (χ0) is 11.4. The van der Waals surface area contributed by atoms with Crippen LogP contribution in [0, 0.1) is 0 Å². The van der Waals surface area contributed by atoms with Gasteiger partial charge in [0.15, 0.2) is 0 Å². The van der Waals surface area contributed by atoms with Gasteiger partial charge in [0, 0.05) is 11.4 Å². The molecule has 1 aromatic carbocycles. The largest absolute Gasteiger partial charge is 0.478 e. The normalized spacial score (nSPS) is 9.67. The second-order valence-corrected chi connectivity index (χ2v) is 3.06. The Morgan fingerprint density at radius 2 is 2.13 bits per heavy atom. The third-order valence-corrected chi connectivity index (χ3v) is 1.93. The number of anilines is 2. The molecule has 15 heavy (non-hydrogen) atoms. The first kappa shape index (κ1) is 11.3. The van der Waals surface area contributed by atoms with Crippen molar-refractivity contribution < 1.29 is 14.7 Å². The van der Waals surface area contributed by atoms with Gasteiger partial charge in [-0.05, 0) is 18.2 Å². The zero-order valence-corrected chi connectivity index (χ0v) is 8.41. The van der Waals surface area contributed by atoms with Crippen molar-refractivity contribution in [1.29, 1.82) is 0 Å². The summed E-state index contributed by atoms with van der Waals surface area (Å²) in [5, 5.41) is 11.2. The molecule has 0 bridgehead atoms. The second-order valence-electron chi connectivity index (χ2n) is 2.79. The first-order chi connectivity index (χ1) is 7.04. The van der Waals surface area contributed by atoms with E-state index in [1.165, 1.54) is 18.2 Å². The van der Waals surface area contributed by atoms with Crippen LogP contribution < -0.4 is 11.1 Å². The molecule has 1 aromatic rings. The number of benzene rings is 1. The monoisotopic (exact) mass is 228 g/mol. The molecule has 1 amide bonds. The van der Waals surface area contributed by atoms with Crippen molar-refractivity contribution in [1.82, 2.24) is 0 Å². The van der Waals surface area contributed by atoms with Crippen molar-refractivity contribution in [2.24, 2.45) is 0 Å². The standard InChI is InChI=1S/C9H9ClN2O3/c10-4-8(13)12-5-1-2-6(9(14)15)7(11)3-5/h1-3H,4,11H2,(H,12,13)(H,14,15). The zero-order valence-electron chi connectivity index (χ0n) is 7.66. The van der Waals surface area contributed by atoms with Crippen LogP contribution in [0.4, 0.5) is 11.4 Å². The average molecular weight is 229 g/mol. The van der Waals surface area contributed by atoms with Crippen LogP contribution in [0.15, 0.2) is 18.2 Å². The smallest absolute Gasteiger partial charge is 0.337 e. The number of hydrogen-bond donors (Lipinski definition) is 3. The lowest BCUT2D eigenvalue weighted by atomic mass is 10.1. The molecule has 80 valence electrons. The molecule has 1 rings (SSSR count). The van der Waals surface area contributed by atoms with Gasteiger partial charge in [-0.15, -0.1) is 11.6 Å². The van der Waals surface area contributed by atoms with E-state index in [2.05, 4.69) is 5.32 Å². The molecule has 0 aromatic heterocycles. The van der Waals surface area contributed by atoms with Gasteiger partial charge in [0.25, 0.3) is 0 Å². The first-order valence-corrected chi connectivity index (χ1v) is 4.56. The van der Waals surface area contributed by atoms with Gasteiger partial charge in [0.2, 0.25) is 5.91 Å². The van der Waals surface area contributed by atoms with Gasteiger partial charge in [-0.3, -0.25) is 4.79 Å². The number of carbonyl (C=O) groups is 2. The predicted molar refractivity (Wildman–Crippen MR) is 57.2 cm³/mol. The van der Waals surface area contributed by atoms with Crippen molar-refractivity contribution in [3.63, 3.8) is 0 Å². The number of hydrogen-bond acceptors (Lipinski definition) is 3. The molecule has 0 fully saturated rings. The molecule has 0 aliphatic rings. The van der Waals surface area contributed by atoms with Gasteiger partial charge >= 0.3 is 5.97 Å². The maximum atomic E-state index is 10.9.